The van der Waals surface area contributed by atoms with Crippen molar-refractivity contribution in [3.63, 3.8) is 0 Å². The quantitative estimate of drug-likeness (QED) is 0.216. The maximum absolute atomic E-state index is 13.7. The molecule has 1 unspecified atom stereocenters. The Morgan fingerprint density at radius 3 is 2.51 bits per heavy atom. The number of para-hydroxylation sites is 1. The first kappa shape index (κ1) is 23.9. The van der Waals surface area contributed by atoms with E-state index in [9.17, 15) is 36.5 Å². The van der Waals surface area contributed by atoms with E-state index in [1.165, 1.54) is 18.2 Å². The van der Waals surface area contributed by atoms with Crippen molar-refractivity contribution in [1.29, 1.82) is 0 Å². The first-order valence-electron chi connectivity index (χ1n) is 10.7. The van der Waals surface area contributed by atoms with Gasteiger partial charge in [-0.15, -0.1) is 0 Å². The summed E-state index contributed by atoms with van der Waals surface area (Å²) in [6, 6.07) is 6.37. The molecule has 0 N–H and O–H groups in total. The van der Waals surface area contributed by atoms with Crippen LogP contribution < -0.4 is 0 Å². The predicted molar refractivity (Wildman–Crippen MR) is 114 cm³/mol. The summed E-state index contributed by atoms with van der Waals surface area (Å²) in [7, 11) is 0. The number of thiophene rings is 1. The number of benzene rings is 1. The molecule has 2 saturated heterocycles. The third-order valence-electron chi connectivity index (χ3n) is 6.33. The minimum atomic E-state index is -4.97. The van der Waals surface area contributed by atoms with Gasteiger partial charge in [-0.2, -0.15) is 26.3 Å². The number of pyridine rings is 1. The number of ether oxygens (including phenoxy) is 1. The van der Waals surface area contributed by atoms with Crippen LogP contribution in [0.25, 0.3) is 10.9 Å². The molecule has 186 valence electrons. The molecule has 6 nitrogen and oxygen atoms in total. The zero-order chi connectivity index (χ0) is 25.1. The van der Waals surface area contributed by atoms with Gasteiger partial charge in [0.2, 0.25) is 0 Å². The van der Waals surface area contributed by atoms with E-state index in [-0.39, 0.29) is 16.0 Å². The van der Waals surface area contributed by atoms with Crippen LogP contribution in [-0.2, 0) is 17.1 Å². The molecule has 1 aromatic carbocycles. The van der Waals surface area contributed by atoms with Gasteiger partial charge in [-0.1, -0.05) is 29.9 Å². The monoisotopic (exact) mass is 517 g/mol. The fourth-order valence-electron chi connectivity index (χ4n) is 4.87. The lowest BCUT2D eigenvalue weighted by atomic mass is 9.91. The average molecular weight is 517 g/mol. The van der Waals surface area contributed by atoms with E-state index in [0.717, 1.165) is 36.3 Å². The third kappa shape index (κ3) is 4.25. The molecule has 0 bridgehead atoms. The van der Waals surface area contributed by atoms with Gasteiger partial charge in [-0.3, -0.25) is 15.0 Å². The van der Waals surface area contributed by atoms with E-state index in [2.05, 4.69) is 4.98 Å². The summed E-state index contributed by atoms with van der Waals surface area (Å²) >= 11 is 0.901. The van der Waals surface area contributed by atoms with Crippen LogP contribution in [0.2, 0.25) is 0 Å². The highest BCUT2D eigenvalue weighted by molar-refractivity contribution is 7.15. The number of rotatable bonds is 3. The Kier molecular flexibility index (Phi) is 5.76. The van der Waals surface area contributed by atoms with E-state index >= 15 is 0 Å². The fraction of sp³-hybridized carbons (Fsp3) is 0.409. The molecule has 2 fully saturated rings. The molecule has 5 rings (SSSR count). The molecule has 0 saturated carbocycles. The predicted octanol–water partition coefficient (Wildman–Crippen LogP) is 6.87. The second-order valence-corrected chi connectivity index (χ2v) is 9.53. The molecule has 35 heavy (non-hydrogen) atoms. The molecule has 13 heteroatoms. The van der Waals surface area contributed by atoms with Gasteiger partial charge in [0.15, 0.2) is 0 Å². The fourth-order valence-corrected chi connectivity index (χ4v) is 5.75. The number of alkyl halides is 6. The van der Waals surface area contributed by atoms with E-state index < -0.39 is 52.4 Å². The normalized spacial score (nSPS) is 23.5. The van der Waals surface area contributed by atoms with Crippen molar-refractivity contribution in [2.75, 3.05) is 6.54 Å². The van der Waals surface area contributed by atoms with Gasteiger partial charge in [-0.25, -0.2) is 4.98 Å². The number of hydrogen-bond donors (Lipinski definition) is 0. The molecule has 2 aliphatic heterocycles. The standard InChI is InChI=1S/C22H17F6N3O3S/c23-21(24,25)13-5-3-4-11-12(10-16(22(26,27)28)29-18(11)13)19-14-6-1-2-9-30(14)20(34-19)15-7-8-17(35-15)31(32)33/h3-5,7-8,10,14,19-20H,1-2,6,9H2/t14-,19+,20?/m1/s1. The number of nitrogens with zero attached hydrogens (tertiary/aromatic N) is 3. The highest BCUT2D eigenvalue weighted by Gasteiger charge is 2.47. The van der Waals surface area contributed by atoms with E-state index in [0.29, 0.717) is 23.9 Å². The third-order valence-corrected chi connectivity index (χ3v) is 7.40. The lowest BCUT2D eigenvalue weighted by Gasteiger charge is -2.32. The molecular formula is C22H17F6N3O3S. The van der Waals surface area contributed by atoms with Crippen molar-refractivity contribution in [1.82, 2.24) is 9.88 Å². The van der Waals surface area contributed by atoms with Gasteiger partial charge in [0.1, 0.15) is 18.0 Å². The van der Waals surface area contributed by atoms with Gasteiger partial charge in [0.25, 0.3) is 0 Å². The van der Waals surface area contributed by atoms with Crippen LogP contribution in [-0.4, -0.2) is 27.4 Å². The zero-order valence-corrected chi connectivity index (χ0v) is 18.6. The molecule has 2 aromatic heterocycles. The molecular weight excluding hydrogens is 500 g/mol. The first-order chi connectivity index (χ1) is 16.4. The SMILES string of the molecule is O=[N+]([O-])c1ccc(C2O[C@@H](c3cc(C(F)(F)F)nc4c(C(F)(F)F)cccc34)[C@H]3CCCCN23)s1. The minimum Gasteiger partial charge on any atom is -0.348 e. The number of hydrogen-bond acceptors (Lipinski definition) is 6. The minimum absolute atomic E-state index is 0.0288. The van der Waals surface area contributed by atoms with Crippen molar-refractivity contribution in [2.45, 2.75) is 50.0 Å². The topological polar surface area (TPSA) is 68.5 Å². The van der Waals surface area contributed by atoms with E-state index in [4.69, 9.17) is 4.74 Å². The van der Waals surface area contributed by atoms with Crippen molar-refractivity contribution >= 4 is 27.2 Å². The van der Waals surface area contributed by atoms with Crippen LogP contribution in [0, 0.1) is 10.1 Å². The number of halogens is 6. The van der Waals surface area contributed by atoms with E-state index in [1.54, 1.807) is 0 Å². The van der Waals surface area contributed by atoms with E-state index in [1.807, 2.05) is 4.90 Å². The summed E-state index contributed by atoms with van der Waals surface area (Å²) in [5, 5.41) is 11.0. The van der Waals surface area contributed by atoms with Gasteiger partial charge >= 0.3 is 17.4 Å². The number of aromatic nitrogens is 1. The molecule has 0 aliphatic carbocycles. The Morgan fingerprint density at radius 2 is 1.86 bits per heavy atom. The second-order valence-electron chi connectivity index (χ2n) is 8.44. The molecule has 3 atom stereocenters. The van der Waals surface area contributed by atoms with Crippen molar-refractivity contribution in [2.24, 2.45) is 0 Å². The van der Waals surface area contributed by atoms with Gasteiger partial charge in [0, 0.05) is 24.0 Å². The van der Waals surface area contributed by atoms with Crippen LogP contribution in [0.4, 0.5) is 31.3 Å². The lowest BCUT2D eigenvalue weighted by molar-refractivity contribution is -0.380. The lowest BCUT2D eigenvalue weighted by Crippen LogP contribution is -2.37. The smallest absolute Gasteiger partial charge is 0.348 e. The van der Waals surface area contributed by atoms with Gasteiger partial charge in [-0.05, 0) is 36.6 Å². The molecule has 4 heterocycles. The van der Waals surface area contributed by atoms with Crippen LogP contribution in [0.15, 0.2) is 36.4 Å². The van der Waals surface area contributed by atoms with Gasteiger partial charge in [0.05, 0.1) is 20.9 Å². The summed E-state index contributed by atoms with van der Waals surface area (Å²) in [5.74, 6) is 0. The van der Waals surface area contributed by atoms with Crippen molar-refractivity contribution in [3.8, 4) is 0 Å². The molecule has 0 amide bonds. The summed E-state index contributed by atoms with van der Waals surface area (Å²) in [6.07, 6.45) is -9.50. The largest absolute Gasteiger partial charge is 0.433 e. The Morgan fingerprint density at radius 1 is 1.09 bits per heavy atom. The highest BCUT2D eigenvalue weighted by atomic mass is 32.1. The Hall–Kier alpha value is -2.77. The van der Waals surface area contributed by atoms with Crippen LogP contribution in [0.5, 0.6) is 0 Å². The average Bonchev–Trinajstić information content (AvgIpc) is 3.42. The number of fused-ring (bicyclic) bond motifs is 2. The number of nitro groups is 1. The first-order valence-corrected chi connectivity index (χ1v) is 11.5. The van der Waals surface area contributed by atoms with Crippen LogP contribution in [0.1, 0.15) is 53.3 Å². The maximum atomic E-state index is 13.7. The van der Waals surface area contributed by atoms with Crippen molar-refractivity contribution in [3.05, 3.63) is 68.2 Å². The Bertz CT molecular complexity index is 1290. The zero-order valence-electron chi connectivity index (χ0n) is 17.8. The van der Waals surface area contributed by atoms with Crippen LogP contribution in [0.3, 0.4) is 0 Å². The molecule has 2 aliphatic rings. The van der Waals surface area contributed by atoms with Gasteiger partial charge < -0.3 is 4.74 Å². The summed E-state index contributed by atoms with van der Waals surface area (Å²) in [5.41, 5.74) is -3.51. The number of piperidine rings is 1. The summed E-state index contributed by atoms with van der Waals surface area (Å²) in [6.45, 7) is 0.542. The summed E-state index contributed by atoms with van der Waals surface area (Å²) < 4.78 is 88.3. The molecule has 3 aromatic rings. The second kappa shape index (κ2) is 8.42. The van der Waals surface area contributed by atoms with Crippen molar-refractivity contribution < 1.29 is 36.0 Å². The molecule has 0 radical (unpaired) electrons. The Labute approximate surface area is 198 Å². The van der Waals surface area contributed by atoms with Crippen LogP contribution >= 0.6 is 11.3 Å². The maximum Gasteiger partial charge on any atom is 0.433 e. The molecule has 0 spiro atoms. The highest BCUT2D eigenvalue weighted by Crippen LogP contribution is 2.50. The summed E-state index contributed by atoms with van der Waals surface area (Å²) in [4.78, 5) is 16.4. The Balaban J connectivity index is 1.67.